The first-order valence-corrected chi connectivity index (χ1v) is 8.41. The monoisotopic (exact) mass is 327 g/mol. The van der Waals surface area contributed by atoms with Crippen LogP contribution in [-0.2, 0) is 6.61 Å². The summed E-state index contributed by atoms with van der Waals surface area (Å²) in [6.07, 6.45) is 5.27. The summed E-state index contributed by atoms with van der Waals surface area (Å²) in [5.74, 6) is 2.83. The largest absolute Gasteiger partial charge is 0.497 e. The zero-order valence-corrected chi connectivity index (χ0v) is 14.6. The van der Waals surface area contributed by atoms with Crippen LogP contribution in [-0.4, -0.2) is 42.1 Å². The molecule has 0 saturated heterocycles. The first-order chi connectivity index (χ1) is 11.7. The van der Waals surface area contributed by atoms with Gasteiger partial charge < -0.3 is 14.4 Å². The van der Waals surface area contributed by atoms with Crippen molar-refractivity contribution in [1.29, 1.82) is 0 Å². The van der Waals surface area contributed by atoms with Crippen LogP contribution in [0, 0.1) is 0 Å². The molecule has 0 N–H and O–H groups in total. The topological polar surface area (TPSA) is 47.5 Å². The van der Waals surface area contributed by atoms with Crippen LogP contribution in [0.5, 0.6) is 11.6 Å². The Morgan fingerprint density at radius 3 is 2.58 bits per heavy atom. The first-order valence-electron chi connectivity index (χ1n) is 8.41. The summed E-state index contributed by atoms with van der Waals surface area (Å²) in [6.45, 7) is 0.492. The molecule has 0 amide bonds. The van der Waals surface area contributed by atoms with E-state index in [2.05, 4.69) is 29.0 Å². The summed E-state index contributed by atoms with van der Waals surface area (Å²) in [7, 11) is 5.95. The second-order valence-corrected chi connectivity index (χ2v) is 6.52. The van der Waals surface area contributed by atoms with Gasteiger partial charge in [-0.15, -0.1) is 0 Å². The van der Waals surface area contributed by atoms with Gasteiger partial charge in [-0.1, -0.05) is 12.1 Å². The van der Waals surface area contributed by atoms with E-state index in [-0.39, 0.29) is 0 Å². The third kappa shape index (κ3) is 4.03. The van der Waals surface area contributed by atoms with Gasteiger partial charge in [0.1, 0.15) is 18.2 Å². The molecule has 3 rings (SSSR count). The lowest BCUT2D eigenvalue weighted by Crippen LogP contribution is -2.24. The van der Waals surface area contributed by atoms with E-state index in [0.717, 1.165) is 30.0 Å². The molecule has 0 bridgehead atoms. The van der Waals surface area contributed by atoms with Crippen molar-refractivity contribution >= 4 is 0 Å². The van der Waals surface area contributed by atoms with E-state index in [1.54, 1.807) is 13.3 Å². The van der Waals surface area contributed by atoms with Crippen molar-refractivity contribution < 1.29 is 9.47 Å². The summed E-state index contributed by atoms with van der Waals surface area (Å²) in [5.41, 5.74) is 1.09. The Balaban J connectivity index is 1.61. The van der Waals surface area contributed by atoms with Gasteiger partial charge >= 0.3 is 0 Å². The van der Waals surface area contributed by atoms with E-state index >= 15 is 0 Å². The molecular formula is C19H25N3O2. The Morgan fingerprint density at radius 2 is 1.92 bits per heavy atom. The zero-order valence-electron chi connectivity index (χ0n) is 14.6. The Kier molecular flexibility index (Phi) is 5.30. The smallest absolute Gasteiger partial charge is 0.216 e. The third-order valence-corrected chi connectivity index (χ3v) is 4.69. The molecular weight excluding hydrogens is 302 g/mol. The fourth-order valence-corrected chi connectivity index (χ4v) is 3.17. The molecule has 1 saturated carbocycles. The lowest BCUT2D eigenvalue weighted by Gasteiger charge is -2.18. The normalized spacial score (nSPS) is 20.3. The predicted octanol–water partition coefficient (Wildman–Crippen LogP) is 3.26. The number of hydrogen-bond acceptors (Lipinski definition) is 5. The van der Waals surface area contributed by atoms with E-state index < -0.39 is 0 Å². The number of ether oxygens (including phenoxy) is 2. The first kappa shape index (κ1) is 16.7. The Hall–Kier alpha value is -2.14. The maximum Gasteiger partial charge on any atom is 0.216 e. The minimum absolute atomic E-state index is 0.432. The van der Waals surface area contributed by atoms with E-state index in [9.17, 15) is 0 Å². The van der Waals surface area contributed by atoms with Gasteiger partial charge in [-0.05, 0) is 51.1 Å². The zero-order chi connectivity index (χ0) is 16.9. The highest BCUT2D eigenvalue weighted by molar-refractivity contribution is 5.27. The number of benzene rings is 1. The van der Waals surface area contributed by atoms with E-state index in [4.69, 9.17) is 9.47 Å². The van der Waals surface area contributed by atoms with Gasteiger partial charge in [0.25, 0.3) is 0 Å². The number of aromatic nitrogens is 2. The van der Waals surface area contributed by atoms with Crippen LogP contribution < -0.4 is 9.47 Å². The molecule has 0 aliphatic heterocycles. The molecule has 2 atom stereocenters. The molecule has 0 spiro atoms. The predicted molar refractivity (Wildman–Crippen MR) is 93.4 cm³/mol. The molecule has 1 aromatic carbocycles. The molecule has 24 heavy (non-hydrogen) atoms. The minimum atomic E-state index is 0.432. The van der Waals surface area contributed by atoms with Crippen LogP contribution in [0.3, 0.4) is 0 Å². The lowest BCUT2D eigenvalue weighted by atomic mass is 10.1. The van der Waals surface area contributed by atoms with Crippen molar-refractivity contribution in [1.82, 2.24) is 14.9 Å². The molecule has 1 heterocycles. The molecule has 1 aromatic heterocycles. The van der Waals surface area contributed by atoms with Crippen molar-refractivity contribution in [2.75, 3.05) is 21.2 Å². The van der Waals surface area contributed by atoms with Crippen LogP contribution in [0.1, 0.15) is 36.6 Å². The van der Waals surface area contributed by atoms with Crippen molar-refractivity contribution in [2.24, 2.45) is 0 Å². The highest BCUT2D eigenvalue weighted by atomic mass is 16.5. The Bertz CT molecular complexity index is 658. The number of methoxy groups -OCH3 is 1. The second kappa shape index (κ2) is 7.62. The quantitative estimate of drug-likeness (QED) is 0.815. The molecule has 1 unspecified atom stereocenters. The lowest BCUT2D eigenvalue weighted by molar-refractivity contribution is 0.288. The van der Waals surface area contributed by atoms with E-state index in [1.165, 1.54) is 6.42 Å². The maximum atomic E-state index is 5.84. The molecule has 1 aliphatic rings. The SMILES string of the molecule is COc1ccc(COc2ccnc(C3CC[C@@H](N(C)C)C3)n2)cc1. The Labute approximate surface area is 143 Å². The van der Waals surface area contributed by atoms with Gasteiger partial charge in [-0.2, -0.15) is 4.98 Å². The highest BCUT2D eigenvalue weighted by Crippen LogP contribution is 2.34. The molecule has 0 radical (unpaired) electrons. The average Bonchev–Trinajstić information content (AvgIpc) is 3.11. The minimum Gasteiger partial charge on any atom is -0.497 e. The van der Waals surface area contributed by atoms with Crippen LogP contribution in [0.25, 0.3) is 0 Å². The number of rotatable bonds is 6. The van der Waals surface area contributed by atoms with Crippen molar-refractivity contribution in [3.05, 3.63) is 47.9 Å². The summed E-state index contributed by atoms with van der Waals surface area (Å²) >= 11 is 0. The Morgan fingerprint density at radius 1 is 1.12 bits per heavy atom. The standard InChI is InChI=1S/C19H25N3O2/c1-22(2)16-7-6-15(12-16)19-20-11-10-18(21-19)24-13-14-4-8-17(23-3)9-5-14/h4-5,8-11,15-16H,6-7,12-13H2,1-3H3/t15?,16-/m1/s1. The third-order valence-electron chi connectivity index (χ3n) is 4.69. The maximum absolute atomic E-state index is 5.84. The summed E-state index contributed by atoms with van der Waals surface area (Å²) in [6, 6.07) is 10.3. The van der Waals surface area contributed by atoms with Crippen molar-refractivity contribution in [3.8, 4) is 11.6 Å². The van der Waals surface area contributed by atoms with Crippen LogP contribution in [0.4, 0.5) is 0 Å². The number of hydrogen-bond donors (Lipinski definition) is 0. The van der Waals surface area contributed by atoms with Gasteiger partial charge in [0.15, 0.2) is 0 Å². The van der Waals surface area contributed by atoms with E-state index in [1.807, 2.05) is 30.3 Å². The average molecular weight is 327 g/mol. The molecule has 5 heteroatoms. The fraction of sp³-hybridized carbons (Fsp3) is 0.474. The molecule has 2 aromatic rings. The van der Waals surface area contributed by atoms with Crippen LogP contribution >= 0.6 is 0 Å². The molecule has 1 fully saturated rings. The highest BCUT2D eigenvalue weighted by Gasteiger charge is 2.29. The summed E-state index contributed by atoms with van der Waals surface area (Å²) in [5, 5.41) is 0. The summed E-state index contributed by atoms with van der Waals surface area (Å²) < 4.78 is 11.0. The number of nitrogens with zero attached hydrogens (tertiary/aromatic N) is 3. The van der Waals surface area contributed by atoms with Gasteiger partial charge in [-0.3, -0.25) is 0 Å². The van der Waals surface area contributed by atoms with Gasteiger partial charge in [0, 0.05) is 24.2 Å². The fourth-order valence-electron chi connectivity index (χ4n) is 3.17. The van der Waals surface area contributed by atoms with Gasteiger partial charge in [-0.25, -0.2) is 4.98 Å². The molecule has 1 aliphatic carbocycles. The van der Waals surface area contributed by atoms with Crippen molar-refractivity contribution in [2.45, 2.75) is 37.8 Å². The second-order valence-electron chi connectivity index (χ2n) is 6.52. The van der Waals surface area contributed by atoms with Gasteiger partial charge in [0.05, 0.1) is 7.11 Å². The van der Waals surface area contributed by atoms with Crippen molar-refractivity contribution in [3.63, 3.8) is 0 Å². The molecule has 5 nitrogen and oxygen atoms in total. The summed E-state index contributed by atoms with van der Waals surface area (Å²) in [4.78, 5) is 11.4. The van der Waals surface area contributed by atoms with Gasteiger partial charge in [0.2, 0.25) is 5.88 Å². The van der Waals surface area contributed by atoms with E-state index in [0.29, 0.717) is 24.4 Å². The van der Waals surface area contributed by atoms with Crippen LogP contribution in [0.15, 0.2) is 36.5 Å². The van der Waals surface area contributed by atoms with Crippen LogP contribution in [0.2, 0.25) is 0 Å². The molecule has 128 valence electrons.